The van der Waals surface area contributed by atoms with E-state index in [2.05, 4.69) is 10.6 Å². The summed E-state index contributed by atoms with van der Waals surface area (Å²) in [6, 6.07) is 19.4. The molecule has 0 spiro atoms. The van der Waals surface area contributed by atoms with Gasteiger partial charge < -0.3 is 20.5 Å². The van der Waals surface area contributed by atoms with Gasteiger partial charge in [-0.25, -0.2) is 0 Å². The van der Waals surface area contributed by atoms with Gasteiger partial charge in [0.1, 0.15) is 11.8 Å². The molecular formula is C22H22N2O4. The van der Waals surface area contributed by atoms with E-state index in [4.69, 9.17) is 4.74 Å². The predicted octanol–water partition coefficient (Wildman–Crippen LogP) is 2.51. The summed E-state index contributed by atoms with van der Waals surface area (Å²) < 4.78 is 5.12. The molecule has 0 aromatic heterocycles. The first-order valence-corrected chi connectivity index (χ1v) is 8.92. The number of methoxy groups -OCH3 is 1. The van der Waals surface area contributed by atoms with Crippen LogP contribution in [0.25, 0.3) is 10.8 Å². The van der Waals surface area contributed by atoms with Crippen LogP contribution in [0.3, 0.4) is 0 Å². The summed E-state index contributed by atoms with van der Waals surface area (Å²) in [7, 11) is 1.53. The van der Waals surface area contributed by atoms with Gasteiger partial charge in [0.2, 0.25) is 11.8 Å². The van der Waals surface area contributed by atoms with Gasteiger partial charge in [0.05, 0.1) is 20.1 Å². The number of carbonyl (C=O) groups excluding carboxylic acids is 2. The number of aliphatic hydroxyl groups is 1. The summed E-state index contributed by atoms with van der Waals surface area (Å²) in [5, 5.41) is 16.9. The lowest BCUT2D eigenvalue weighted by molar-refractivity contribution is -0.126. The van der Waals surface area contributed by atoms with Gasteiger partial charge in [-0.2, -0.15) is 0 Å². The fourth-order valence-electron chi connectivity index (χ4n) is 2.99. The minimum atomic E-state index is -1.05. The number of hydrogen-bond donors (Lipinski definition) is 3. The molecule has 0 fully saturated rings. The highest BCUT2D eigenvalue weighted by Crippen LogP contribution is 2.19. The van der Waals surface area contributed by atoms with Crippen LogP contribution in [0.15, 0.2) is 66.7 Å². The first-order valence-electron chi connectivity index (χ1n) is 8.92. The summed E-state index contributed by atoms with van der Waals surface area (Å²) in [6.45, 7) is -0.503. The molecule has 3 rings (SSSR count). The SMILES string of the molecule is COc1cccc(NC(=O)[C@H](CO)NC(=O)Cc2cccc3ccccc23)c1. The average Bonchev–Trinajstić information content (AvgIpc) is 2.72. The van der Waals surface area contributed by atoms with E-state index in [0.717, 1.165) is 16.3 Å². The van der Waals surface area contributed by atoms with Crippen LogP contribution >= 0.6 is 0 Å². The topological polar surface area (TPSA) is 87.7 Å². The molecule has 0 unspecified atom stereocenters. The van der Waals surface area contributed by atoms with E-state index < -0.39 is 18.6 Å². The Bertz CT molecular complexity index is 982. The molecule has 3 N–H and O–H groups in total. The lowest BCUT2D eigenvalue weighted by Gasteiger charge is -2.17. The largest absolute Gasteiger partial charge is 0.497 e. The minimum absolute atomic E-state index is 0.115. The summed E-state index contributed by atoms with van der Waals surface area (Å²) in [5.74, 6) is -0.239. The van der Waals surface area contributed by atoms with Crippen molar-refractivity contribution < 1.29 is 19.4 Å². The number of aliphatic hydroxyl groups excluding tert-OH is 1. The first kappa shape index (κ1) is 19.4. The molecule has 6 heteroatoms. The van der Waals surface area contributed by atoms with Gasteiger partial charge in [-0.3, -0.25) is 9.59 Å². The molecule has 6 nitrogen and oxygen atoms in total. The van der Waals surface area contributed by atoms with Crippen LogP contribution in [0.1, 0.15) is 5.56 Å². The van der Waals surface area contributed by atoms with Crippen molar-refractivity contribution in [2.75, 3.05) is 19.0 Å². The highest BCUT2D eigenvalue weighted by Gasteiger charge is 2.20. The number of amides is 2. The predicted molar refractivity (Wildman–Crippen MR) is 108 cm³/mol. The standard InChI is InChI=1S/C22H22N2O4/c1-28-18-10-5-9-17(13-18)23-22(27)20(14-25)24-21(26)12-16-8-4-7-15-6-2-3-11-19(15)16/h2-11,13,20,25H,12,14H2,1H3,(H,23,27)(H,24,26)/t20-/m0/s1. The Labute approximate surface area is 163 Å². The van der Waals surface area contributed by atoms with Crippen molar-refractivity contribution in [1.82, 2.24) is 5.32 Å². The number of nitrogens with one attached hydrogen (secondary N) is 2. The van der Waals surface area contributed by atoms with Crippen molar-refractivity contribution in [3.05, 3.63) is 72.3 Å². The molecule has 3 aromatic rings. The second kappa shape index (κ2) is 9.01. The maximum absolute atomic E-state index is 12.5. The number of fused-ring (bicyclic) bond motifs is 1. The fraction of sp³-hybridized carbons (Fsp3) is 0.182. The normalized spacial score (nSPS) is 11.6. The fourth-order valence-corrected chi connectivity index (χ4v) is 2.99. The molecule has 3 aromatic carbocycles. The molecule has 0 heterocycles. The van der Waals surface area contributed by atoms with Crippen LogP contribution in [0.2, 0.25) is 0 Å². The Morgan fingerprint density at radius 3 is 2.57 bits per heavy atom. The van der Waals surface area contributed by atoms with Gasteiger partial charge in [0, 0.05) is 11.8 Å². The number of ether oxygens (including phenoxy) is 1. The van der Waals surface area contributed by atoms with Gasteiger partial charge in [-0.05, 0) is 28.5 Å². The van der Waals surface area contributed by atoms with Crippen molar-refractivity contribution in [2.45, 2.75) is 12.5 Å². The van der Waals surface area contributed by atoms with Crippen molar-refractivity contribution in [3.63, 3.8) is 0 Å². The maximum Gasteiger partial charge on any atom is 0.249 e. The molecule has 0 aliphatic heterocycles. The van der Waals surface area contributed by atoms with E-state index in [1.165, 1.54) is 7.11 Å². The van der Waals surface area contributed by atoms with Crippen LogP contribution < -0.4 is 15.4 Å². The molecule has 28 heavy (non-hydrogen) atoms. The van der Waals surface area contributed by atoms with E-state index in [9.17, 15) is 14.7 Å². The maximum atomic E-state index is 12.5. The van der Waals surface area contributed by atoms with Gasteiger partial charge >= 0.3 is 0 Å². The van der Waals surface area contributed by atoms with Gasteiger partial charge in [0.25, 0.3) is 0 Å². The molecule has 0 aliphatic rings. The van der Waals surface area contributed by atoms with Crippen LogP contribution in [0.4, 0.5) is 5.69 Å². The summed E-state index contributed by atoms with van der Waals surface area (Å²) in [5.41, 5.74) is 1.38. The highest BCUT2D eigenvalue weighted by atomic mass is 16.5. The third-order valence-electron chi connectivity index (χ3n) is 4.40. The lowest BCUT2D eigenvalue weighted by atomic mass is 10.0. The second-order valence-electron chi connectivity index (χ2n) is 6.34. The lowest BCUT2D eigenvalue weighted by Crippen LogP contribution is -2.46. The Morgan fingerprint density at radius 1 is 1.04 bits per heavy atom. The molecule has 144 valence electrons. The molecular weight excluding hydrogens is 356 g/mol. The smallest absolute Gasteiger partial charge is 0.249 e. The van der Waals surface area contributed by atoms with Gasteiger partial charge in [0.15, 0.2) is 0 Å². The number of carbonyl (C=O) groups is 2. The molecule has 2 amide bonds. The third kappa shape index (κ3) is 4.66. The Morgan fingerprint density at radius 2 is 1.79 bits per heavy atom. The monoisotopic (exact) mass is 378 g/mol. The second-order valence-corrected chi connectivity index (χ2v) is 6.34. The van der Waals surface area contributed by atoms with Crippen LogP contribution in [0, 0.1) is 0 Å². The van der Waals surface area contributed by atoms with Crippen LogP contribution in [-0.4, -0.2) is 36.7 Å². The third-order valence-corrected chi connectivity index (χ3v) is 4.40. The van der Waals surface area contributed by atoms with Crippen LogP contribution in [0.5, 0.6) is 5.75 Å². The summed E-state index contributed by atoms with van der Waals surface area (Å²) in [6.07, 6.45) is 0.115. The van der Waals surface area contributed by atoms with Crippen molar-refractivity contribution in [3.8, 4) is 5.75 Å². The van der Waals surface area contributed by atoms with E-state index in [0.29, 0.717) is 11.4 Å². The number of hydrogen-bond acceptors (Lipinski definition) is 4. The first-order chi connectivity index (χ1) is 13.6. The zero-order valence-electron chi connectivity index (χ0n) is 15.5. The van der Waals surface area contributed by atoms with Crippen LogP contribution in [-0.2, 0) is 16.0 Å². The zero-order chi connectivity index (χ0) is 19.9. The molecule has 0 aliphatic carbocycles. The van der Waals surface area contributed by atoms with Crippen molar-refractivity contribution in [2.24, 2.45) is 0 Å². The quantitative estimate of drug-likeness (QED) is 0.590. The van der Waals surface area contributed by atoms with Crippen molar-refractivity contribution >= 4 is 28.3 Å². The van der Waals surface area contributed by atoms with E-state index in [1.807, 2.05) is 42.5 Å². The van der Waals surface area contributed by atoms with Crippen molar-refractivity contribution in [1.29, 1.82) is 0 Å². The Hall–Kier alpha value is -3.38. The van der Waals surface area contributed by atoms with E-state index in [-0.39, 0.29) is 12.3 Å². The molecule has 0 saturated carbocycles. The molecule has 0 bridgehead atoms. The minimum Gasteiger partial charge on any atom is -0.497 e. The molecule has 0 radical (unpaired) electrons. The number of benzene rings is 3. The Balaban J connectivity index is 1.66. The number of anilines is 1. The Kier molecular flexibility index (Phi) is 6.24. The van der Waals surface area contributed by atoms with Gasteiger partial charge in [-0.15, -0.1) is 0 Å². The molecule has 1 atom stereocenters. The van der Waals surface area contributed by atoms with E-state index >= 15 is 0 Å². The van der Waals surface area contributed by atoms with E-state index in [1.54, 1.807) is 24.3 Å². The molecule has 0 saturated heterocycles. The number of rotatable bonds is 7. The summed E-state index contributed by atoms with van der Waals surface area (Å²) in [4.78, 5) is 24.9. The highest BCUT2D eigenvalue weighted by molar-refractivity contribution is 5.98. The van der Waals surface area contributed by atoms with Gasteiger partial charge in [-0.1, -0.05) is 48.5 Å². The summed E-state index contributed by atoms with van der Waals surface area (Å²) >= 11 is 0. The zero-order valence-corrected chi connectivity index (χ0v) is 15.5. The average molecular weight is 378 g/mol.